The fourth-order valence-electron chi connectivity index (χ4n) is 9.20. The first kappa shape index (κ1) is 43.7. The molecule has 0 saturated carbocycles. The molecule has 0 spiro atoms. The van der Waals surface area contributed by atoms with Crippen molar-refractivity contribution in [3.63, 3.8) is 0 Å². The molecule has 4 aromatic carbocycles. The van der Waals surface area contributed by atoms with Crippen molar-refractivity contribution in [2.45, 2.75) is 81.6 Å². The summed E-state index contributed by atoms with van der Waals surface area (Å²) in [5, 5.41) is 9.33. The van der Waals surface area contributed by atoms with Crippen LogP contribution in [0, 0.1) is 0 Å². The van der Waals surface area contributed by atoms with Crippen molar-refractivity contribution < 1.29 is 28.7 Å². The molecule has 0 aliphatic carbocycles. The Balaban J connectivity index is 0.854. The lowest BCUT2D eigenvalue weighted by molar-refractivity contribution is -0.133. The largest absolute Gasteiger partial charge is 0.453 e. The SMILES string of the molecule is COC(=O)N[C@@H](CC(=O)N1CCC[C@H]1C1=NCC(c2ccc(-c3ccc(-c4cnc([C@@H]5CCCN5C(=O)C[C@@H](Cc5ccccc5)NC(=O)OC)[nH]4)cc3)cc2)N1)Cc1ccccc1. The smallest absolute Gasteiger partial charge is 0.407 e. The van der Waals surface area contributed by atoms with Gasteiger partial charge in [0.2, 0.25) is 11.8 Å². The standard InChI is InChI=1S/C50H56N8O6/c1-63-49(61)53-39(27-33-11-5-3-6-12-33)29-45(59)57-25-9-15-43(57)47-51-31-41(55-47)37-21-17-35(18-22-37)36-19-23-38(24-20-36)42-32-52-48(56-42)44-16-10-26-58(44)46(60)30-40(54-50(62)64-2)28-34-13-7-4-8-14-34/h3-8,11-14,17-24,31,39-40,42-44H,9-10,15-16,25-30,32H2,1-2H3,(H,51,55)(H,52,56)(H,53,61)(H,54,62)/t39-,40-,42?,43+,44+/m1/s1. The van der Waals surface area contributed by atoms with Crippen LogP contribution in [-0.4, -0.2) is 102 Å². The lowest BCUT2D eigenvalue weighted by Gasteiger charge is -2.28. The zero-order valence-corrected chi connectivity index (χ0v) is 36.4. The van der Waals surface area contributed by atoms with Crippen LogP contribution in [0.1, 0.15) is 73.1 Å². The minimum absolute atomic E-state index is 0.00343. The summed E-state index contributed by atoms with van der Waals surface area (Å²) < 4.78 is 9.72. The number of H-pyrrole nitrogens is 1. The average molecular weight is 865 g/mol. The molecule has 64 heavy (non-hydrogen) atoms. The number of benzene rings is 4. The van der Waals surface area contributed by atoms with Crippen molar-refractivity contribution in [2.75, 3.05) is 33.9 Å². The van der Waals surface area contributed by atoms with E-state index in [-0.39, 0.29) is 42.8 Å². The normalized spacial score (nSPS) is 19.0. The number of carbonyl (C=O) groups excluding carboxylic acids is 4. The number of methoxy groups -OCH3 is 2. The van der Waals surface area contributed by atoms with Crippen LogP contribution in [0.4, 0.5) is 9.59 Å². The number of amides is 4. The molecule has 0 radical (unpaired) electrons. The molecule has 14 nitrogen and oxygen atoms in total. The third-order valence-electron chi connectivity index (χ3n) is 12.5. The number of rotatable bonds is 15. The summed E-state index contributed by atoms with van der Waals surface area (Å²) in [6, 6.07) is 35.4. The molecule has 4 N–H and O–H groups in total. The molecule has 2 saturated heterocycles. The molecular formula is C50H56N8O6. The molecule has 0 bridgehead atoms. The van der Waals surface area contributed by atoms with Crippen LogP contribution >= 0.6 is 0 Å². The van der Waals surface area contributed by atoms with E-state index < -0.39 is 24.3 Å². The van der Waals surface area contributed by atoms with Crippen molar-refractivity contribution in [2.24, 2.45) is 4.99 Å². The Labute approximate surface area is 373 Å². The highest BCUT2D eigenvalue weighted by Gasteiger charge is 2.37. The third-order valence-corrected chi connectivity index (χ3v) is 12.5. The number of likely N-dealkylation sites (tertiary alicyclic amines) is 2. The zero-order valence-electron chi connectivity index (χ0n) is 36.4. The maximum absolute atomic E-state index is 13.7. The second-order valence-corrected chi connectivity index (χ2v) is 16.7. The Morgan fingerprint density at radius 3 is 1.72 bits per heavy atom. The summed E-state index contributed by atoms with van der Waals surface area (Å²) in [4.78, 5) is 68.7. The van der Waals surface area contributed by atoms with E-state index in [2.05, 4.69) is 69.5 Å². The monoisotopic (exact) mass is 864 g/mol. The fraction of sp³-hybridized carbons (Fsp3) is 0.360. The Morgan fingerprint density at radius 1 is 0.672 bits per heavy atom. The summed E-state index contributed by atoms with van der Waals surface area (Å²) in [6.45, 7) is 1.86. The van der Waals surface area contributed by atoms with Crippen molar-refractivity contribution in [1.29, 1.82) is 0 Å². The molecule has 2 fully saturated rings. The number of hydrogen-bond donors (Lipinski definition) is 4. The average Bonchev–Trinajstić information content (AvgIpc) is 4.17. The van der Waals surface area contributed by atoms with Crippen molar-refractivity contribution in [1.82, 2.24) is 35.7 Å². The van der Waals surface area contributed by atoms with Gasteiger partial charge < -0.3 is 40.2 Å². The van der Waals surface area contributed by atoms with Crippen molar-refractivity contribution in [3.05, 3.63) is 138 Å². The van der Waals surface area contributed by atoms with Gasteiger partial charge >= 0.3 is 12.2 Å². The van der Waals surface area contributed by atoms with Crippen LogP contribution in [0.25, 0.3) is 22.4 Å². The molecule has 8 rings (SSSR count). The number of nitrogens with one attached hydrogen (secondary N) is 4. The van der Waals surface area contributed by atoms with E-state index in [9.17, 15) is 19.2 Å². The summed E-state index contributed by atoms with van der Waals surface area (Å²) in [5.74, 6) is 1.54. The van der Waals surface area contributed by atoms with Gasteiger partial charge in [0.15, 0.2) is 0 Å². The molecule has 1 unspecified atom stereocenters. The van der Waals surface area contributed by atoms with Gasteiger partial charge in [-0.15, -0.1) is 0 Å². The molecule has 3 aliphatic rings. The van der Waals surface area contributed by atoms with Crippen LogP contribution < -0.4 is 16.0 Å². The molecule has 332 valence electrons. The molecule has 5 aromatic rings. The third kappa shape index (κ3) is 10.6. The summed E-state index contributed by atoms with van der Waals surface area (Å²) in [7, 11) is 2.65. The number of hydrogen-bond acceptors (Lipinski definition) is 9. The molecule has 4 heterocycles. The van der Waals surface area contributed by atoms with Gasteiger partial charge in [-0.25, -0.2) is 14.6 Å². The van der Waals surface area contributed by atoms with Gasteiger partial charge in [0.25, 0.3) is 0 Å². The van der Waals surface area contributed by atoms with Gasteiger partial charge in [0, 0.05) is 38.0 Å². The fourth-order valence-corrected chi connectivity index (χ4v) is 9.20. The van der Waals surface area contributed by atoms with Gasteiger partial charge in [-0.3, -0.25) is 14.6 Å². The van der Waals surface area contributed by atoms with Gasteiger partial charge in [-0.1, -0.05) is 109 Å². The van der Waals surface area contributed by atoms with Crippen LogP contribution in [0.5, 0.6) is 0 Å². The van der Waals surface area contributed by atoms with E-state index in [1.807, 2.05) is 76.7 Å². The summed E-state index contributed by atoms with van der Waals surface area (Å²) >= 11 is 0. The number of carbonyl (C=O) groups is 4. The zero-order chi connectivity index (χ0) is 44.4. The topological polar surface area (TPSA) is 170 Å². The number of alkyl carbamates (subject to hydrolysis) is 2. The highest BCUT2D eigenvalue weighted by molar-refractivity contribution is 5.93. The highest BCUT2D eigenvalue weighted by Crippen LogP contribution is 2.33. The number of amidine groups is 1. The highest BCUT2D eigenvalue weighted by atomic mass is 16.5. The van der Waals surface area contributed by atoms with Crippen LogP contribution in [0.3, 0.4) is 0 Å². The Hall–Kier alpha value is -6.96. The van der Waals surface area contributed by atoms with Crippen molar-refractivity contribution in [3.8, 4) is 22.4 Å². The Bertz CT molecular complexity index is 2410. The van der Waals surface area contributed by atoms with Gasteiger partial charge in [-0.05, 0) is 71.9 Å². The molecule has 5 atom stereocenters. The molecule has 14 heteroatoms. The molecule has 4 amide bonds. The maximum Gasteiger partial charge on any atom is 0.407 e. The van der Waals surface area contributed by atoms with E-state index in [4.69, 9.17) is 19.5 Å². The predicted molar refractivity (Wildman–Crippen MR) is 244 cm³/mol. The predicted octanol–water partition coefficient (Wildman–Crippen LogP) is 7.16. The van der Waals surface area contributed by atoms with Crippen LogP contribution in [0.2, 0.25) is 0 Å². The van der Waals surface area contributed by atoms with Gasteiger partial charge in [0.05, 0.1) is 50.8 Å². The Kier molecular flexibility index (Phi) is 14.0. The first-order valence-corrected chi connectivity index (χ1v) is 22.2. The number of ether oxygens (including phenoxy) is 2. The first-order chi connectivity index (χ1) is 31.2. The lowest BCUT2D eigenvalue weighted by atomic mass is 9.99. The minimum Gasteiger partial charge on any atom is -0.453 e. The quantitative estimate of drug-likeness (QED) is 0.0860. The second kappa shape index (κ2) is 20.5. The lowest BCUT2D eigenvalue weighted by Crippen LogP contribution is -2.47. The first-order valence-electron chi connectivity index (χ1n) is 22.2. The number of aromatic amines is 1. The number of aromatic nitrogens is 2. The van der Waals surface area contributed by atoms with E-state index in [0.717, 1.165) is 76.4 Å². The van der Waals surface area contributed by atoms with E-state index in [1.54, 1.807) is 0 Å². The Morgan fingerprint density at radius 2 is 1.17 bits per heavy atom. The second-order valence-electron chi connectivity index (χ2n) is 16.7. The van der Waals surface area contributed by atoms with E-state index in [0.29, 0.717) is 32.5 Å². The maximum atomic E-state index is 13.7. The van der Waals surface area contributed by atoms with E-state index >= 15 is 0 Å². The van der Waals surface area contributed by atoms with Gasteiger partial charge in [0.1, 0.15) is 11.7 Å². The molecule has 1 aromatic heterocycles. The minimum atomic E-state index is -0.558. The van der Waals surface area contributed by atoms with E-state index in [1.165, 1.54) is 14.2 Å². The van der Waals surface area contributed by atoms with Crippen LogP contribution in [0.15, 0.2) is 120 Å². The number of imidazole rings is 1. The molecule has 3 aliphatic heterocycles. The van der Waals surface area contributed by atoms with Gasteiger partial charge in [-0.2, -0.15) is 0 Å². The molecular weight excluding hydrogens is 809 g/mol. The van der Waals surface area contributed by atoms with Crippen LogP contribution in [-0.2, 0) is 31.9 Å². The summed E-state index contributed by atoms with van der Waals surface area (Å²) in [6.07, 6.45) is 5.47. The number of aliphatic imine (C=N–C) groups is 1. The number of nitrogens with zero attached hydrogens (tertiary/aromatic N) is 4. The van der Waals surface area contributed by atoms with Crippen molar-refractivity contribution >= 4 is 29.8 Å². The summed E-state index contributed by atoms with van der Waals surface area (Å²) in [5.41, 5.74) is 7.22.